The number of azo groups is 1. The van der Waals surface area contributed by atoms with Crippen LogP contribution in [0.5, 0.6) is 5.88 Å². The Hall–Kier alpha value is -2.42. The summed E-state index contributed by atoms with van der Waals surface area (Å²) in [4.78, 5) is 13.4. The predicted molar refractivity (Wildman–Crippen MR) is 66.4 cm³/mol. The van der Waals surface area contributed by atoms with Gasteiger partial charge >= 0.3 is 6.18 Å². The Morgan fingerprint density at radius 3 is 2.76 bits per heavy atom. The molecular weight excluding hydrogens is 291 g/mol. The molecule has 0 aliphatic heterocycles. The van der Waals surface area contributed by atoms with Crippen LogP contribution >= 0.6 is 0 Å². The van der Waals surface area contributed by atoms with E-state index in [1.807, 2.05) is 0 Å². The van der Waals surface area contributed by atoms with Gasteiger partial charge in [-0.25, -0.2) is 0 Å². The van der Waals surface area contributed by atoms with E-state index in [1.165, 1.54) is 19.2 Å². The Balaban J connectivity index is 2.52. The highest BCUT2D eigenvalue weighted by molar-refractivity contribution is 5.96. The molecule has 9 heteroatoms. The van der Waals surface area contributed by atoms with Crippen LogP contribution in [0.25, 0.3) is 10.9 Å². The van der Waals surface area contributed by atoms with Crippen molar-refractivity contribution in [3.05, 3.63) is 23.8 Å². The van der Waals surface area contributed by atoms with E-state index in [9.17, 15) is 23.1 Å². The molecule has 0 unspecified atom stereocenters. The third-order valence-corrected chi connectivity index (χ3v) is 2.62. The topological polar surface area (TPSA) is 87.0 Å². The molecule has 1 aromatic carbocycles. The van der Waals surface area contributed by atoms with Crippen molar-refractivity contribution in [2.24, 2.45) is 10.2 Å². The minimum Gasteiger partial charge on any atom is -0.493 e. The van der Waals surface area contributed by atoms with Gasteiger partial charge in [-0.15, -0.1) is 10.2 Å². The zero-order valence-electron chi connectivity index (χ0n) is 10.7. The van der Waals surface area contributed by atoms with Gasteiger partial charge in [-0.05, 0) is 6.07 Å². The number of methoxy groups -OCH3 is 1. The first-order valence-corrected chi connectivity index (χ1v) is 5.69. The molecular formula is C12H10F3N3O3. The number of carbonyl (C=O) groups excluding carboxylic acids is 1. The number of alkyl halides is 3. The third-order valence-electron chi connectivity index (χ3n) is 2.62. The fourth-order valence-corrected chi connectivity index (χ4v) is 1.79. The van der Waals surface area contributed by atoms with Crippen molar-refractivity contribution in [1.29, 1.82) is 0 Å². The molecule has 6 nitrogen and oxygen atoms in total. The highest BCUT2D eigenvalue weighted by Gasteiger charge is 2.34. The number of amides is 1. The summed E-state index contributed by atoms with van der Waals surface area (Å²) >= 11 is 0. The number of nitrogens with one attached hydrogen (secondary N) is 1. The van der Waals surface area contributed by atoms with Gasteiger partial charge in [0.05, 0.1) is 11.1 Å². The van der Waals surface area contributed by atoms with Gasteiger partial charge in [0, 0.05) is 12.5 Å². The molecule has 2 rings (SSSR count). The number of fused-ring (bicyclic) bond motifs is 1. The van der Waals surface area contributed by atoms with E-state index in [0.717, 1.165) is 6.07 Å². The average Bonchev–Trinajstić information content (AvgIpc) is 2.70. The smallest absolute Gasteiger partial charge is 0.418 e. The standard InChI is InChI=1S/C12H10F3N3O3/c1-21-5-8(19)17-18-10-6-3-2-4-7(12(13,14)15)9(6)16-11(10)20/h2-4,16,20H,5H2,1H3. The number of hydrogen-bond acceptors (Lipinski definition) is 4. The van der Waals surface area contributed by atoms with Crippen molar-refractivity contribution >= 4 is 22.5 Å². The number of aromatic nitrogens is 1. The maximum Gasteiger partial charge on any atom is 0.418 e. The van der Waals surface area contributed by atoms with Crippen molar-refractivity contribution < 1.29 is 27.8 Å². The van der Waals surface area contributed by atoms with Crippen molar-refractivity contribution in [2.75, 3.05) is 13.7 Å². The number of ether oxygens (including phenoxy) is 1. The highest BCUT2D eigenvalue weighted by atomic mass is 19.4. The molecule has 2 aromatic rings. The number of rotatable bonds is 3. The van der Waals surface area contributed by atoms with Crippen molar-refractivity contribution in [1.82, 2.24) is 4.98 Å². The van der Waals surface area contributed by atoms with E-state index >= 15 is 0 Å². The summed E-state index contributed by atoms with van der Waals surface area (Å²) in [5.74, 6) is -1.33. The minimum absolute atomic E-state index is 0.0105. The molecule has 21 heavy (non-hydrogen) atoms. The van der Waals surface area contributed by atoms with E-state index in [1.54, 1.807) is 0 Å². The van der Waals surface area contributed by atoms with Gasteiger partial charge in [-0.2, -0.15) is 13.2 Å². The number of carbonyl (C=O) groups is 1. The first-order valence-electron chi connectivity index (χ1n) is 5.69. The zero-order chi connectivity index (χ0) is 15.6. The fourth-order valence-electron chi connectivity index (χ4n) is 1.79. The Morgan fingerprint density at radius 1 is 1.43 bits per heavy atom. The molecule has 0 aliphatic carbocycles. The van der Waals surface area contributed by atoms with Crippen LogP contribution < -0.4 is 0 Å². The number of benzene rings is 1. The molecule has 0 aliphatic rings. The normalized spacial score (nSPS) is 12.4. The second-order valence-corrected chi connectivity index (χ2v) is 4.07. The number of halogens is 3. The molecule has 0 atom stereocenters. The molecule has 1 amide bonds. The summed E-state index contributed by atoms with van der Waals surface area (Å²) in [6.45, 7) is -0.319. The molecule has 0 fully saturated rings. The molecule has 0 bridgehead atoms. The lowest BCUT2D eigenvalue weighted by Crippen LogP contribution is -2.05. The molecule has 1 heterocycles. The molecule has 1 aromatic heterocycles. The summed E-state index contributed by atoms with van der Waals surface area (Å²) in [5, 5.41) is 16.4. The monoisotopic (exact) mass is 301 g/mol. The van der Waals surface area contributed by atoms with Gasteiger partial charge in [0.15, 0.2) is 5.69 Å². The van der Waals surface area contributed by atoms with Crippen molar-refractivity contribution in [3.63, 3.8) is 0 Å². The molecule has 0 saturated heterocycles. The first-order chi connectivity index (χ1) is 9.84. The molecule has 0 radical (unpaired) electrons. The van der Waals surface area contributed by atoms with Crippen molar-refractivity contribution in [2.45, 2.75) is 6.18 Å². The fraction of sp³-hybridized carbons (Fsp3) is 0.250. The van der Waals surface area contributed by atoms with Crippen LogP contribution in [-0.4, -0.2) is 29.7 Å². The first kappa shape index (κ1) is 15.0. The predicted octanol–water partition coefficient (Wildman–Crippen LogP) is 3.15. The Labute approximate surface area is 116 Å². The highest BCUT2D eigenvalue weighted by Crippen LogP contribution is 2.41. The number of aromatic hydroxyl groups is 1. The van der Waals surface area contributed by atoms with E-state index < -0.39 is 23.5 Å². The number of nitrogens with zero attached hydrogens (tertiary/aromatic N) is 2. The summed E-state index contributed by atoms with van der Waals surface area (Å²) in [7, 11) is 1.28. The lowest BCUT2D eigenvalue weighted by molar-refractivity contribution is -0.136. The van der Waals surface area contributed by atoms with E-state index in [-0.39, 0.29) is 23.2 Å². The lowest BCUT2D eigenvalue weighted by Gasteiger charge is -2.06. The van der Waals surface area contributed by atoms with Gasteiger partial charge in [-0.3, -0.25) is 4.79 Å². The number of para-hydroxylation sites is 1. The SMILES string of the molecule is COCC(=O)N=Nc1c(O)[nH]c2c(C(F)(F)F)cccc12. The van der Waals surface area contributed by atoms with Crippen LogP contribution in [0.2, 0.25) is 0 Å². The van der Waals surface area contributed by atoms with E-state index in [4.69, 9.17) is 0 Å². The summed E-state index contributed by atoms with van der Waals surface area (Å²) in [6, 6.07) is 3.37. The van der Waals surface area contributed by atoms with Crippen molar-refractivity contribution in [3.8, 4) is 5.88 Å². The Bertz CT molecular complexity index is 707. The number of hydrogen-bond donors (Lipinski definition) is 2. The van der Waals surface area contributed by atoms with Gasteiger partial charge in [0.25, 0.3) is 5.91 Å². The van der Waals surface area contributed by atoms with Crippen LogP contribution in [0.3, 0.4) is 0 Å². The third kappa shape index (κ3) is 3.02. The minimum atomic E-state index is -4.59. The maximum absolute atomic E-state index is 12.8. The summed E-state index contributed by atoms with van der Waals surface area (Å²) < 4.78 is 43.1. The van der Waals surface area contributed by atoms with Crippen LogP contribution in [0.15, 0.2) is 28.4 Å². The zero-order valence-corrected chi connectivity index (χ0v) is 10.7. The average molecular weight is 301 g/mol. The van der Waals surface area contributed by atoms with Crippen LogP contribution in [-0.2, 0) is 15.7 Å². The Kier molecular flexibility index (Phi) is 3.94. The molecule has 112 valence electrons. The van der Waals surface area contributed by atoms with Crippen LogP contribution in [0.4, 0.5) is 18.9 Å². The van der Waals surface area contributed by atoms with Gasteiger partial charge in [-0.1, -0.05) is 12.1 Å². The largest absolute Gasteiger partial charge is 0.493 e. The van der Waals surface area contributed by atoms with E-state index in [2.05, 4.69) is 19.9 Å². The van der Waals surface area contributed by atoms with Gasteiger partial charge in [0.2, 0.25) is 5.88 Å². The van der Waals surface area contributed by atoms with Crippen LogP contribution in [0, 0.1) is 0 Å². The quantitative estimate of drug-likeness (QED) is 0.854. The molecule has 2 N–H and O–H groups in total. The number of H-pyrrole nitrogens is 1. The molecule has 0 spiro atoms. The van der Waals surface area contributed by atoms with Crippen LogP contribution in [0.1, 0.15) is 5.56 Å². The van der Waals surface area contributed by atoms with Gasteiger partial charge < -0.3 is 14.8 Å². The summed E-state index contributed by atoms with van der Waals surface area (Å²) in [5.41, 5.74) is -1.50. The maximum atomic E-state index is 12.8. The van der Waals surface area contributed by atoms with E-state index in [0.29, 0.717) is 0 Å². The Morgan fingerprint density at radius 2 is 2.14 bits per heavy atom. The second-order valence-electron chi connectivity index (χ2n) is 4.07. The second kappa shape index (κ2) is 5.52. The summed E-state index contributed by atoms with van der Waals surface area (Å²) in [6.07, 6.45) is -4.59. The lowest BCUT2D eigenvalue weighted by atomic mass is 10.1. The van der Waals surface area contributed by atoms with Gasteiger partial charge in [0.1, 0.15) is 6.61 Å². The number of aromatic amines is 1. The molecule has 0 saturated carbocycles.